The first-order valence-electron chi connectivity index (χ1n) is 9.52. The van der Waals surface area contributed by atoms with Crippen molar-refractivity contribution in [3.63, 3.8) is 0 Å². The van der Waals surface area contributed by atoms with Crippen LogP contribution in [0.1, 0.15) is 17.9 Å². The van der Waals surface area contributed by atoms with Crippen LogP contribution in [-0.2, 0) is 17.8 Å². The molecule has 3 aromatic carbocycles. The number of aryl methyl sites for hydroxylation is 1. The molecule has 0 saturated carbocycles. The van der Waals surface area contributed by atoms with E-state index < -0.39 is 0 Å². The van der Waals surface area contributed by atoms with E-state index in [4.69, 9.17) is 20.9 Å². The number of carbonyl (C=O) groups excluding carboxylic acids is 1. The maximum atomic E-state index is 12.2. The molecule has 0 aliphatic rings. The number of halogens is 1. The molecule has 0 saturated heterocycles. The van der Waals surface area contributed by atoms with Gasteiger partial charge in [0.15, 0.2) is 0 Å². The molecule has 0 atom stereocenters. The average molecular weight is 422 g/mol. The van der Waals surface area contributed by atoms with Gasteiger partial charge in [0, 0.05) is 30.0 Å². The van der Waals surface area contributed by atoms with Crippen molar-refractivity contribution in [2.24, 2.45) is 0 Å². The molecule has 0 aliphatic heterocycles. The minimum atomic E-state index is -0.0731. The molecule has 7 heteroatoms. The SMILES string of the molecule is COc1ccc2cc(CNC(=O)CCc3nc(-c4ccc(Cl)cc4)no3)ccc2c1. The molecule has 0 radical (unpaired) electrons. The molecular formula is C23H20ClN3O3. The molecule has 1 heterocycles. The summed E-state index contributed by atoms with van der Waals surface area (Å²) in [5, 5.41) is 9.73. The molecule has 1 N–H and O–H groups in total. The second kappa shape index (κ2) is 8.97. The van der Waals surface area contributed by atoms with Crippen molar-refractivity contribution in [2.75, 3.05) is 7.11 Å². The van der Waals surface area contributed by atoms with Crippen molar-refractivity contribution in [2.45, 2.75) is 19.4 Å². The lowest BCUT2D eigenvalue weighted by molar-refractivity contribution is -0.121. The number of fused-ring (bicyclic) bond motifs is 1. The number of benzene rings is 3. The van der Waals surface area contributed by atoms with E-state index in [1.807, 2.05) is 42.5 Å². The van der Waals surface area contributed by atoms with Gasteiger partial charge in [-0.3, -0.25) is 4.79 Å². The lowest BCUT2D eigenvalue weighted by Crippen LogP contribution is -2.23. The van der Waals surface area contributed by atoms with Gasteiger partial charge in [-0.1, -0.05) is 35.0 Å². The highest BCUT2D eigenvalue weighted by atomic mass is 35.5. The predicted molar refractivity (Wildman–Crippen MR) is 115 cm³/mol. The van der Waals surface area contributed by atoms with Crippen LogP contribution in [0.15, 0.2) is 65.2 Å². The van der Waals surface area contributed by atoms with Gasteiger partial charge in [-0.15, -0.1) is 0 Å². The van der Waals surface area contributed by atoms with Gasteiger partial charge in [0.2, 0.25) is 17.6 Å². The number of hydrogen-bond acceptors (Lipinski definition) is 5. The van der Waals surface area contributed by atoms with E-state index in [1.165, 1.54) is 0 Å². The summed E-state index contributed by atoms with van der Waals surface area (Å²) in [5.41, 5.74) is 1.84. The summed E-state index contributed by atoms with van der Waals surface area (Å²) < 4.78 is 10.5. The highest BCUT2D eigenvalue weighted by Crippen LogP contribution is 2.22. The van der Waals surface area contributed by atoms with Crippen molar-refractivity contribution >= 4 is 28.3 Å². The molecule has 1 amide bonds. The second-order valence-electron chi connectivity index (χ2n) is 6.84. The van der Waals surface area contributed by atoms with Crippen LogP contribution < -0.4 is 10.1 Å². The molecule has 1 aromatic heterocycles. The number of ether oxygens (including phenoxy) is 1. The maximum absolute atomic E-state index is 12.2. The Hall–Kier alpha value is -3.38. The van der Waals surface area contributed by atoms with Crippen LogP contribution in [0, 0.1) is 0 Å². The fourth-order valence-electron chi connectivity index (χ4n) is 3.09. The molecule has 4 aromatic rings. The average Bonchev–Trinajstić information content (AvgIpc) is 3.25. The number of nitrogens with zero attached hydrogens (tertiary/aromatic N) is 2. The molecule has 6 nitrogen and oxygen atoms in total. The monoisotopic (exact) mass is 421 g/mol. The van der Waals surface area contributed by atoms with Crippen LogP contribution in [0.5, 0.6) is 5.75 Å². The number of carbonyl (C=O) groups is 1. The third-order valence-electron chi connectivity index (χ3n) is 4.74. The van der Waals surface area contributed by atoms with E-state index in [-0.39, 0.29) is 12.3 Å². The molecule has 0 bridgehead atoms. The Morgan fingerprint density at radius 3 is 2.63 bits per heavy atom. The minimum Gasteiger partial charge on any atom is -0.497 e. The van der Waals surface area contributed by atoms with Gasteiger partial charge in [0.05, 0.1) is 7.11 Å². The van der Waals surface area contributed by atoms with E-state index in [0.29, 0.717) is 29.7 Å². The summed E-state index contributed by atoms with van der Waals surface area (Å²) in [4.78, 5) is 16.6. The number of nitrogens with one attached hydrogen (secondary N) is 1. The van der Waals surface area contributed by atoms with Gasteiger partial charge in [-0.05, 0) is 58.8 Å². The van der Waals surface area contributed by atoms with E-state index in [1.54, 1.807) is 19.2 Å². The zero-order valence-electron chi connectivity index (χ0n) is 16.4. The van der Waals surface area contributed by atoms with Crippen molar-refractivity contribution in [3.05, 3.63) is 77.1 Å². The van der Waals surface area contributed by atoms with Gasteiger partial charge in [0.25, 0.3) is 0 Å². The van der Waals surface area contributed by atoms with E-state index in [0.717, 1.165) is 27.6 Å². The van der Waals surface area contributed by atoms with Gasteiger partial charge < -0.3 is 14.6 Å². The van der Waals surface area contributed by atoms with Gasteiger partial charge in [-0.25, -0.2) is 0 Å². The van der Waals surface area contributed by atoms with Gasteiger partial charge in [0.1, 0.15) is 5.75 Å². The van der Waals surface area contributed by atoms with Gasteiger partial charge in [-0.2, -0.15) is 4.98 Å². The number of amides is 1. The Bertz CT molecular complexity index is 1170. The molecular weight excluding hydrogens is 402 g/mol. The van der Waals surface area contributed by atoms with Crippen LogP contribution >= 0.6 is 11.6 Å². The van der Waals surface area contributed by atoms with Crippen molar-refractivity contribution in [3.8, 4) is 17.1 Å². The summed E-state index contributed by atoms with van der Waals surface area (Å²) >= 11 is 5.89. The first-order chi connectivity index (χ1) is 14.6. The Labute approximate surface area is 178 Å². The molecule has 30 heavy (non-hydrogen) atoms. The second-order valence-corrected chi connectivity index (χ2v) is 7.28. The van der Waals surface area contributed by atoms with Crippen molar-refractivity contribution < 1.29 is 14.1 Å². The quantitative estimate of drug-likeness (QED) is 0.463. The van der Waals surface area contributed by atoms with Crippen LogP contribution in [-0.4, -0.2) is 23.2 Å². The normalized spacial score (nSPS) is 10.9. The Morgan fingerprint density at radius 2 is 1.83 bits per heavy atom. The topological polar surface area (TPSA) is 77.2 Å². The summed E-state index contributed by atoms with van der Waals surface area (Å²) in [6.07, 6.45) is 0.650. The largest absolute Gasteiger partial charge is 0.497 e. The molecule has 0 spiro atoms. The lowest BCUT2D eigenvalue weighted by Gasteiger charge is -2.07. The van der Waals surface area contributed by atoms with Crippen LogP contribution in [0.3, 0.4) is 0 Å². The van der Waals surface area contributed by atoms with Crippen molar-refractivity contribution in [1.82, 2.24) is 15.5 Å². The standard InChI is InChI=1S/C23H20ClN3O3/c1-29-20-9-6-17-12-15(2-3-18(17)13-20)14-25-21(28)10-11-22-26-23(27-30-22)16-4-7-19(24)8-5-16/h2-9,12-13H,10-11,14H2,1H3,(H,25,28). The fourth-order valence-corrected chi connectivity index (χ4v) is 3.22. The van der Waals surface area contributed by atoms with Crippen LogP contribution in [0.25, 0.3) is 22.2 Å². The zero-order chi connectivity index (χ0) is 20.9. The molecule has 0 unspecified atom stereocenters. The Kier molecular flexibility index (Phi) is 5.95. The van der Waals surface area contributed by atoms with E-state index in [2.05, 4.69) is 21.5 Å². The lowest BCUT2D eigenvalue weighted by atomic mass is 10.1. The van der Waals surface area contributed by atoms with Crippen molar-refractivity contribution in [1.29, 1.82) is 0 Å². The highest BCUT2D eigenvalue weighted by Gasteiger charge is 2.11. The Morgan fingerprint density at radius 1 is 1.07 bits per heavy atom. The van der Waals surface area contributed by atoms with E-state index in [9.17, 15) is 4.79 Å². The minimum absolute atomic E-state index is 0.0731. The Balaban J connectivity index is 1.30. The first-order valence-corrected chi connectivity index (χ1v) is 9.90. The van der Waals surface area contributed by atoms with E-state index >= 15 is 0 Å². The molecule has 0 aliphatic carbocycles. The third-order valence-corrected chi connectivity index (χ3v) is 4.99. The molecule has 0 fully saturated rings. The smallest absolute Gasteiger partial charge is 0.227 e. The third kappa shape index (κ3) is 4.78. The number of aromatic nitrogens is 2. The summed E-state index contributed by atoms with van der Waals surface area (Å²) in [6, 6.07) is 19.2. The zero-order valence-corrected chi connectivity index (χ0v) is 17.1. The maximum Gasteiger partial charge on any atom is 0.227 e. The number of rotatable bonds is 7. The highest BCUT2D eigenvalue weighted by molar-refractivity contribution is 6.30. The van der Waals surface area contributed by atoms with Gasteiger partial charge >= 0.3 is 0 Å². The molecule has 152 valence electrons. The summed E-state index contributed by atoms with van der Waals surface area (Å²) in [6.45, 7) is 0.459. The summed E-state index contributed by atoms with van der Waals surface area (Å²) in [7, 11) is 1.65. The number of methoxy groups -OCH3 is 1. The summed E-state index contributed by atoms with van der Waals surface area (Å²) in [5.74, 6) is 1.66. The van der Waals surface area contributed by atoms with Crippen LogP contribution in [0.2, 0.25) is 5.02 Å². The first kappa shape index (κ1) is 19.9. The van der Waals surface area contributed by atoms with Crippen LogP contribution in [0.4, 0.5) is 0 Å². The number of hydrogen-bond donors (Lipinski definition) is 1. The molecule has 4 rings (SSSR count). The predicted octanol–water partition coefficient (Wildman–Crippen LogP) is 4.80. The fraction of sp³-hybridized carbons (Fsp3) is 0.174.